The van der Waals surface area contributed by atoms with Crippen molar-refractivity contribution in [3.8, 4) is 0 Å². The molecular formula is C52H70O12. The highest BCUT2D eigenvalue weighted by atomic mass is 16.6. The Bertz CT molecular complexity index is 2040. The predicted octanol–water partition coefficient (Wildman–Crippen LogP) is 8.12. The lowest BCUT2D eigenvalue weighted by atomic mass is 9.71. The van der Waals surface area contributed by atoms with Crippen molar-refractivity contribution < 1.29 is 59.0 Å². The number of aliphatic carboxylic acids is 1. The number of hydrogen-bond acceptors (Lipinski definition) is 11. The SMILES string of the molecule is CC1=C(/C=C/C(C)=C/C=C/C(C)=C/C=C/C=C(C)/C=C/C=C(C)/C=C/C2=C(C)C(=O)C(OC(=O)CCC(=O)O)CC2(C)C)C(C)CC(OC(=O)CCCC(O)C(O)C(O)C(C)O)C1=O. The first-order valence-electron chi connectivity index (χ1n) is 21.9. The molecule has 2 aliphatic carbocycles. The van der Waals surface area contributed by atoms with Gasteiger partial charge in [-0.25, -0.2) is 0 Å². The van der Waals surface area contributed by atoms with Gasteiger partial charge in [0.05, 0.1) is 25.0 Å². The average molecular weight is 887 g/mol. The van der Waals surface area contributed by atoms with Crippen LogP contribution in [0.2, 0.25) is 0 Å². The van der Waals surface area contributed by atoms with E-state index in [-0.39, 0.29) is 49.6 Å². The van der Waals surface area contributed by atoms with E-state index >= 15 is 0 Å². The average Bonchev–Trinajstić information content (AvgIpc) is 3.21. The normalized spacial score (nSPS) is 22.7. The Hall–Kier alpha value is -5.27. The van der Waals surface area contributed by atoms with E-state index in [0.717, 1.165) is 33.4 Å². The van der Waals surface area contributed by atoms with Gasteiger partial charge < -0.3 is 35.0 Å². The van der Waals surface area contributed by atoms with Crippen molar-refractivity contribution >= 4 is 29.5 Å². The summed E-state index contributed by atoms with van der Waals surface area (Å²) < 4.78 is 10.9. The van der Waals surface area contributed by atoms with Gasteiger partial charge in [-0.15, -0.1) is 0 Å². The summed E-state index contributed by atoms with van der Waals surface area (Å²) in [6.45, 7) is 18.7. The molecule has 12 nitrogen and oxygen atoms in total. The van der Waals surface area contributed by atoms with Gasteiger partial charge in [0, 0.05) is 12.8 Å². The van der Waals surface area contributed by atoms with E-state index < -0.39 is 59.9 Å². The summed E-state index contributed by atoms with van der Waals surface area (Å²) in [6.07, 6.45) is 20.3. The maximum Gasteiger partial charge on any atom is 0.307 e. The predicted molar refractivity (Wildman–Crippen MR) is 249 cm³/mol. The van der Waals surface area contributed by atoms with Crippen LogP contribution >= 0.6 is 0 Å². The number of carboxylic acid groups (broad SMARTS) is 1. The Morgan fingerprint density at radius 3 is 1.72 bits per heavy atom. The minimum absolute atomic E-state index is 0.00983. The van der Waals surface area contributed by atoms with Gasteiger partial charge in [0.15, 0.2) is 23.8 Å². The fourth-order valence-corrected chi connectivity index (χ4v) is 7.25. The van der Waals surface area contributed by atoms with Crippen molar-refractivity contribution in [1.82, 2.24) is 0 Å². The molecule has 0 aliphatic heterocycles. The molecule has 0 aromatic carbocycles. The first-order chi connectivity index (χ1) is 29.9. The van der Waals surface area contributed by atoms with Crippen LogP contribution in [-0.2, 0) is 33.4 Å². The lowest BCUT2D eigenvalue weighted by molar-refractivity contribution is -0.157. The molecule has 350 valence electrons. The Morgan fingerprint density at radius 1 is 0.688 bits per heavy atom. The molecule has 0 heterocycles. The van der Waals surface area contributed by atoms with Crippen LogP contribution in [0.15, 0.2) is 130 Å². The van der Waals surface area contributed by atoms with Gasteiger partial charge in [0.25, 0.3) is 0 Å². The van der Waals surface area contributed by atoms with Gasteiger partial charge in [-0.1, -0.05) is 128 Å². The molecule has 0 bridgehead atoms. The van der Waals surface area contributed by atoms with Gasteiger partial charge >= 0.3 is 17.9 Å². The molecule has 0 aromatic rings. The number of hydrogen-bond donors (Lipinski definition) is 5. The summed E-state index contributed by atoms with van der Waals surface area (Å²) in [7, 11) is 0. The first kappa shape index (κ1) is 54.9. The molecule has 7 atom stereocenters. The second-order valence-corrected chi connectivity index (χ2v) is 17.5. The van der Waals surface area contributed by atoms with E-state index in [2.05, 4.69) is 0 Å². The van der Waals surface area contributed by atoms with Gasteiger partial charge in [-0.05, 0) is 101 Å². The third-order valence-corrected chi connectivity index (χ3v) is 11.2. The number of ketones is 2. The number of carboxylic acids is 1. The van der Waals surface area contributed by atoms with Crippen LogP contribution in [0.5, 0.6) is 0 Å². The third kappa shape index (κ3) is 18.4. The van der Waals surface area contributed by atoms with E-state index in [0.29, 0.717) is 24.0 Å². The highest BCUT2D eigenvalue weighted by Crippen LogP contribution is 2.41. The zero-order valence-corrected chi connectivity index (χ0v) is 39.2. The van der Waals surface area contributed by atoms with Crippen molar-refractivity contribution in [2.45, 2.75) is 151 Å². The van der Waals surface area contributed by atoms with Crippen molar-refractivity contribution in [2.24, 2.45) is 11.3 Å². The highest BCUT2D eigenvalue weighted by Gasteiger charge is 2.40. The fourth-order valence-electron chi connectivity index (χ4n) is 7.25. The van der Waals surface area contributed by atoms with Crippen LogP contribution in [0.4, 0.5) is 0 Å². The standard InChI is InChI=1S/C52H70O12/c1-32(16-11-12-17-33(2)19-14-21-35(4)25-27-41-38(7)49(60)44(31-52(41,9)10)64-47(58)29-28-45(55)56)18-13-20-34(3)24-26-40-36(5)30-43(48(59)37(40)6)63-46(57)23-15-22-42(54)51(62)50(61)39(8)53/h11-14,16-21,24-27,36,39,42-44,50-51,53-54,61-62H,15,22-23,28-31H2,1-10H3,(H,55,56)/b12-11+,18-13+,19-14+,26-24+,27-25+,32-16+,33-17+,34-20+,35-21+. The number of esters is 2. The monoisotopic (exact) mass is 886 g/mol. The summed E-state index contributed by atoms with van der Waals surface area (Å²) in [5.74, 6) is -2.92. The molecule has 2 rings (SSSR count). The molecule has 0 spiro atoms. The molecule has 12 heteroatoms. The quantitative estimate of drug-likeness (QED) is 0.0517. The summed E-state index contributed by atoms with van der Waals surface area (Å²) in [5, 5.41) is 47.9. The van der Waals surface area contributed by atoms with E-state index in [4.69, 9.17) is 14.6 Å². The number of Topliss-reactive ketones (excluding diaryl/α,β-unsaturated/α-hetero) is 2. The maximum absolute atomic E-state index is 13.1. The van der Waals surface area contributed by atoms with Gasteiger partial charge in [0.2, 0.25) is 0 Å². The summed E-state index contributed by atoms with van der Waals surface area (Å²) in [4.78, 5) is 61.5. The van der Waals surface area contributed by atoms with E-state index in [1.165, 1.54) is 6.92 Å². The van der Waals surface area contributed by atoms with E-state index in [1.807, 2.05) is 134 Å². The molecule has 0 saturated heterocycles. The topological polar surface area (TPSA) is 205 Å². The lowest BCUT2D eigenvalue weighted by Gasteiger charge is -2.36. The number of aliphatic hydroxyl groups excluding tert-OH is 4. The smallest absolute Gasteiger partial charge is 0.307 e. The molecule has 7 unspecified atom stereocenters. The van der Waals surface area contributed by atoms with Gasteiger partial charge in [-0.2, -0.15) is 0 Å². The van der Waals surface area contributed by atoms with E-state index in [9.17, 15) is 44.4 Å². The third-order valence-electron chi connectivity index (χ3n) is 11.2. The Balaban J connectivity index is 1.91. The second kappa shape index (κ2) is 26.5. The Kier molecular flexibility index (Phi) is 22.7. The molecular weight excluding hydrogens is 817 g/mol. The molecule has 0 aromatic heterocycles. The highest BCUT2D eigenvalue weighted by molar-refractivity contribution is 6.02. The molecule has 0 saturated carbocycles. The number of rotatable bonds is 22. The number of aliphatic hydroxyl groups is 4. The minimum Gasteiger partial charge on any atom is -0.481 e. The lowest BCUT2D eigenvalue weighted by Crippen LogP contribution is -2.43. The van der Waals surface area contributed by atoms with Crippen molar-refractivity contribution in [3.05, 3.63) is 130 Å². The van der Waals surface area contributed by atoms with Crippen LogP contribution in [0.25, 0.3) is 0 Å². The second-order valence-electron chi connectivity index (χ2n) is 17.5. The van der Waals surface area contributed by atoms with Crippen LogP contribution < -0.4 is 0 Å². The molecule has 2 aliphatic rings. The maximum atomic E-state index is 13.1. The summed E-state index contributed by atoms with van der Waals surface area (Å²) in [6, 6.07) is 0. The number of carbonyl (C=O) groups excluding carboxylic acids is 4. The summed E-state index contributed by atoms with van der Waals surface area (Å²) >= 11 is 0. The zero-order chi connectivity index (χ0) is 48.3. The van der Waals surface area contributed by atoms with Gasteiger partial charge in [0.1, 0.15) is 12.2 Å². The molecule has 0 fully saturated rings. The Labute approximate surface area is 379 Å². The Morgan fingerprint density at radius 2 is 1.17 bits per heavy atom. The molecule has 0 amide bonds. The van der Waals surface area contributed by atoms with Crippen LogP contribution in [0, 0.1) is 11.3 Å². The first-order valence-corrected chi connectivity index (χ1v) is 21.9. The van der Waals surface area contributed by atoms with Crippen molar-refractivity contribution in [2.75, 3.05) is 0 Å². The van der Waals surface area contributed by atoms with Crippen molar-refractivity contribution in [1.29, 1.82) is 0 Å². The van der Waals surface area contributed by atoms with Crippen LogP contribution in [0.1, 0.15) is 114 Å². The van der Waals surface area contributed by atoms with Crippen LogP contribution in [-0.4, -0.2) is 91.6 Å². The van der Waals surface area contributed by atoms with E-state index in [1.54, 1.807) is 13.8 Å². The number of ether oxygens (including phenoxy) is 2. The largest absolute Gasteiger partial charge is 0.481 e. The minimum atomic E-state index is -1.55. The fraction of sp³-hybridized carbons (Fsp3) is 0.481. The van der Waals surface area contributed by atoms with Crippen LogP contribution in [0.3, 0.4) is 0 Å². The summed E-state index contributed by atoms with van der Waals surface area (Å²) in [5.41, 5.74) is 6.44. The number of carbonyl (C=O) groups is 5. The van der Waals surface area contributed by atoms with Gasteiger partial charge in [-0.3, -0.25) is 24.0 Å². The zero-order valence-electron chi connectivity index (χ0n) is 39.2. The number of allylic oxidation sites excluding steroid dienone is 20. The molecule has 5 N–H and O–H groups in total. The molecule has 0 radical (unpaired) electrons. The molecule has 64 heavy (non-hydrogen) atoms. The van der Waals surface area contributed by atoms with Crippen molar-refractivity contribution in [3.63, 3.8) is 0 Å².